The molecule has 67 heavy (non-hydrogen) atoms. The maximum atomic E-state index is 15.2. The van der Waals surface area contributed by atoms with Crippen LogP contribution in [0.4, 0.5) is 101 Å². The number of aryl methyl sites for hydroxylation is 1. The lowest BCUT2D eigenvalue weighted by Gasteiger charge is -2.44. The number of benzene rings is 3. The van der Waals surface area contributed by atoms with E-state index in [1.54, 1.807) is 0 Å². The summed E-state index contributed by atoms with van der Waals surface area (Å²) < 4.78 is 327. The first-order valence-electron chi connectivity index (χ1n) is 19.8. The molecule has 0 heterocycles. The van der Waals surface area contributed by atoms with Crippen LogP contribution in [-0.2, 0) is 11.2 Å². The third-order valence-corrected chi connectivity index (χ3v) is 10.5. The minimum atomic E-state index is -9.55. The number of carbonyl (C=O) groups excluding carboxylic acids is 1. The third kappa shape index (κ3) is 9.88. The number of halogens is 23. The first-order valence-corrected chi connectivity index (χ1v) is 19.8. The molecule has 3 aromatic rings. The van der Waals surface area contributed by atoms with Crippen LogP contribution in [0.5, 0.6) is 5.75 Å². The Hall–Kier alpha value is -4.48. The van der Waals surface area contributed by atoms with Crippen molar-refractivity contribution in [2.75, 3.05) is 0 Å². The molecule has 0 spiro atoms. The van der Waals surface area contributed by atoms with Crippen molar-refractivity contribution in [3.63, 3.8) is 0 Å². The molecule has 0 saturated heterocycles. The van der Waals surface area contributed by atoms with E-state index < -0.39 is 82.7 Å². The SMILES string of the molecule is CCCCCCCCCCCCc1ccc(OC(=O)C(F)(F)C(F)(F)C(F)(F)C(F)(F)C(F)(F)C(F)(F)C(F)(F)C(F)(F)C(F)(F)C(F)(F)C(F)(F)F)c(-c2ccccc2)c1-c1ccccc1. The minimum Gasteiger partial charge on any atom is -0.421 e. The number of esters is 1. The van der Waals surface area contributed by atoms with Gasteiger partial charge in [-0.25, -0.2) is 4.79 Å². The summed E-state index contributed by atoms with van der Waals surface area (Å²) in [6.45, 7) is 2.06. The summed E-state index contributed by atoms with van der Waals surface area (Å²) in [6, 6.07) is 15.2. The van der Waals surface area contributed by atoms with E-state index >= 15 is 8.78 Å². The van der Waals surface area contributed by atoms with Gasteiger partial charge in [-0.1, -0.05) is 131 Å². The van der Waals surface area contributed by atoms with E-state index in [1.807, 2.05) is 0 Å². The van der Waals surface area contributed by atoms with Crippen LogP contribution < -0.4 is 4.74 Å². The average Bonchev–Trinajstić information content (AvgIpc) is 3.23. The lowest BCUT2D eigenvalue weighted by molar-refractivity contribution is -0.477. The molecule has 378 valence electrons. The fraction of sp³-hybridized carbons (Fsp3) is 0.548. The summed E-state index contributed by atoms with van der Waals surface area (Å²) in [6.07, 6.45) is 0.933. The molecule has 0 aromatic heterocycles. The molecule has 0 aliphatic rings. The third-order valence-electron chi connectivity index (χ3n) is 10.5. The van der Waals surface area contributed by atoms with Gasteiger partial charge >= 0.3 is 71.4 Å². The molecule has 0 atom stereocenters. The van der Waals surface area contributed by atoms with Gasteiger partial charge in [-0.05, 0) is 41.2 Å². The Morgan fingerprint density at radius 2 is 0.716 bits per heavy atom. The van der Waals surface area contributed by atoms with Crippen molar-refractivity contribution >= 4 is 5.97 Å². The van der Waals surface area contributed by atoms with Gasteiger partial charge in [0.1, 0.15) is 5.75 Å². The molecule has 2 nitrogen and oxygen atoms in total. The second kappa shape index (κ2) is 19.9. The van der Waals surface area contributed by atoms with E-state index in [9.17, 15) is 97.0 Å². The first kappa shape index (κ1) is 56.8. The maximum Gasteiger partial charge on any atom is 0.460 e. The van der Waals surface area contributed by atoms with Crippen LogP contribution in [0.1, 0.15) is 76.7 Å². The zero-order chi connectivity index (χ0) is 51.5. The van der Waals surface area contributed by atoms with Gasteiger partial charge in [-0.2, -0.15) is 101 Å². The second-order valence-electron chi connectivity index (χ2n) is 15.3. The Kier molecular flexibility index (Phi) is 16.8. The lowest BCUT2D eigenvalue weighted by Crippen LogP contribution is -2.78. The summed E-state index contributed by atoms with van der Waals surface area (Å²) in [7, 11) is 0. The van der Waals surface area contributed by atoms with Crippen molar-refractivity contribution in [3.05, 3.63) is 78.4 Å². The number of carbonyl (C=O) groups is 1. The zero-order valence-corrected chi connectivity index (χ0v) is 34.2. The van der Waals surface area contributed by atoms with Crippen LogP contribution in [-0.4, -0.2) is 71.4 Å². The molecule has 0 saturated carbocycles. The van der Waals surface area contributed by atoms with Crippen molar-refractivity contribution in [3.8, 4) is 28.0 Å². The summed E-state index contributed by atoms with van der Waals surface area (Å²) in [4.78, 5) is 12.7. The second-order valence-corrected chi connectivity index (χ2v) is 15.3. The fourth-order valence-corrected chi connectivity index (χ4v) is 6.60. The quantitative estimate of drug-likeness (QED) is 0.0387. The van der Waals surface area contributed by atoms with Crippen LogP contribution in [0, 0.1) is 0 Å². The molecular weight excluding hydrogens is 973 g/mol. The first-order chi connectivity index (χ1) is 30.4. The number of alkyl halides is 23. The van der Waals surface area contributed by atoms with E-state index in [1.165, 1.54) is 60.7 Å². The largest absolute Gasteiger partial charge is 0.460 e. The van der Waals surface area contributed by atoms with Gasteiger partial charge in [0.15, 0.2) is 0 Å². The van der Waals surface area contributed by atoms with Gasteiger partial charge in [0, 0.05) is 5.56 Å². The molecule has 3 rings (SSSR count). The summed E-state index contributed by atoms with van der Waals surface area (Å²) in [5.74, 6) is -95.7. The van der Waals surface area contributed by atoms with Crippen molar-refractivity contribution in [2.45, 2.75) is 143 Å². The highest BCUT2D eigenvalue weighted by Gasteiger charge is 2.99. The van der Waals surface area contributed by atoms with E-state index in [0.29, 0.717) is 24.5 Å². The molecule has 0 aliphatic carbocycles. The Bertz CT molecular complexity index is 2100. The molecule has 0 bridgehead atoms. The lowest BCUT2D eigenvalue weighted by atomic mass is 9.85. The minimum absolute atomic E-state index is 0.00172. The van der Waals surface area contributed by atoms with Crippen LogP contribution in [0.3, 0.4) is 0 Å². The molecule has 0 N–H and O–H groups in total. The topological polar surface area (TPSA) is 26.3 Å². The highest BCUT2D eigenvalue weighted by Crippen LogP contribution is 2.67. The molecular formula is C42H37F23O2. The summed E-state index contributed by atoms with van der Waals surface area (Å²) >= 11 is 0. The van der Waals surface area contributed by atoms with Crippen LogP contribution in [0.25, 0.3) is 22.3 Å². The van der Waals surface area contributed by atoms with E-state index in [0.717, 1.165) is 57.4 Å². The molecule has 0 unspecified atom stereocenters. The highest BCUT2D eigenvalue weighted by molar-refractivity contribution is 5.92. The average molecular weight is 1010 g/mol. The maximum absolute atomic E-state index is 15.2. The standard InChI is InChI=1S/C42H37F23O2/c1-2-3-4-5-6-7-8-9-10-13-22-27-23-24-28(30(26-20-16-12-17-21-26)29(27)25-18-14-11-15-19-25)67-31(66)32(43,44)33(45,46)34(47,48)35(49,50)36(51,52)37(53,54)38(55,56)39(57,58)40(59,60)41(61,62)42(63,64)65/h11-12,14-21,23-24H,2-10,13,22H2,1H3. The summed E-state index contributed by atoms with van der Waals surface area (Å²) in [5.41, 5.74) is -0.0476. The van der Waals surface area contributed by atoms with Crippen molar-refractivity contribution in [2.24, 2.45) is 0 Å². The number of unbranched alkanes of at least 4 members (excludes halogenated alkanes) is 9. The Labute approximate surface area is 365 Å². The van der Waals surface area contributed by atoms with Gasteiger partial charge in [0.2, 0.25) is 0 Å². The molecule has 0 amide bonds. The Morgan fingerprint density at radius 1 is 0.388 bits per heavy atom. The van der Waals surface area contributed by atoms with Crippen molar-refractivity contribution < 1.29 is 111 Å². The smallest absolute Gasteiger partial charge is 0.421 e. The van der Waals surface area contributed by atoms with Gasteiger partial charge in [0.25, 0.3) is 0 Å². The highest BCUT2D eigenvalue weighted by atomic mass is 19.4. The Balaban J connectivity index is 2.09. The van der Waals surface area contributed by atoms with Gasteiger partial charge in [0.05, 0.1) is 0 Å². The van der Waals surface area contributed by atoms with Crippen LogP contribution in [0.15, 0.2) is 72.8 Å². The van der Waals surface area contributed by atoms with Gasteiger partial charge < -0.3 is 4.74 Å². The van der Waals surface area contributed by atoms with Crippen molar-refractivity contribution in [1.82, 2.24) is 0 Å². The van der Waals surface area contributed by atoms with E-state index in [-0.39, 0.29) is 23.1 Å². The number of ether oxygens (including phenoxy) is 1. The molecule has 0 radical (unpaired) electrons. The predicted octanol–water partition coefficient (Wildman–Crippen LogP) is 16.3. The molecule has 25 heteroatoms. The number of rotatable bonds is 24. The van der Waals surface area contributed by atoms with Crippen molar-refractivity contribution in [1.29, 1.82) is 0 Å². The normalized spacial score (nSPS) is 14.4. The van der Waals surface area contributed by atoms with Gasteiger partial charge in [-0.15, -0.1) is 0 Å². The van der Waals surface area contributed by atoms with Crippen LogP contribution in [0.2, 0.25) is 0 Å². The van der Waals surface area contributed by atoms with Gasteiger partial charge in [-0.3, -0.25) is 0 Å². The number of hydrogen-bond donors (Lipinski definition) is 0. The molecule has 0 fully saturated rings. The zero-order valence-electron chi connectivity index (χ0n) is 34.2. The number of hydrogen-bond acceptors (Lipinski definition) is 2. The van der Waals surface area contributed by atoms with E-state index in [4.69, 9.17) is 0 Å². The van der Waals surface area contributed by atoms with Crippen LogP contribution >= 0.6 is 0 Å². The fourth-order valence-electron chi connectivity index (χ4n) is 6.60. The molecule has 3 aromatic carbocycles. The Morgan fingerprint density at radius 3 is 1.09 bits per heavy atom. The van der Waals surface area contributed by atoms with E-state index in [2.05, 4.69) is 11.7 Å². The monoisotopic (exact) mass is 1010 g/mol. The predicted molar refractivity (Wildman–Crippen MR) is 194 cm³/mol. The summed E-state index contributed by atoms with van der Waals surface area (Å²) in [5, 5.41) is 0. The molecule has 0 aliphatic heterocycles.